The second-order valence-electron chi connectivity index (χ2n) is 4.38. The number of hydrogen-bond donors (Lipinski definition) is 2. The quantitative estimate of drug-likeness (QED) is 0.841. The Morgan fingerprint density at radius 1 is 1.44 bits per heavy atom. The number of anilines is 1. The van der Waals surface area contributed by atoms with Crippen LogP contribution in [0.25, 0.3) is 0 Å². The highest BCUT2D eigenvalue weighted by molar-refractivity contribution is 7.92. The highest BCUT2D eigenvalue weighted by atomic mass is 32.2. The molecule has 2 rings (SSSR count). The Hall–Kier alpha value is -1.11. The molecule has 6 heteroatoms. The standard InChI is InChI=1S/C12H17NO4S/c14-8-10-3-1-4-11(7-10)13-18(15,16)9-12-5-2-6-17-12/h1,3-4,7,12-14H,2,5-6,8-9H2. The van der Waals surface area contributed by atoms with Gasteiger partial charge in [0.1, 0.15) is 0 Å². The second kappa shape index (κ2) is 5.69. The summed E-state index contributed by atoms with van der Waals surface area (Å²) in [4.78, 5) is 0. The molecule has 1 aromatic carbocycles. The van der Waals surface area contributed by atoms with Gasteiger partial charge < -0.3 is 9.84 Å². The molecule has 2 N–H and O–H groups in total. The zero-order chi connectivity index (χ0) is 13.0. The molecule has 0 saturated carbocycles. The summed E-state index contributed by atoms with van der Waals surface area (Å²) in [5.41, 5.74) is 1.15. The number of rotatable bonds is 5. The van der Waals surface area contributed by atoms with Crippen molar-refractivity contribution < 1.29 is 18.3 Å². The van der Waals surface area contributed by atoms with Crippen molar-refractivity contribution in [1.29, 1.82) is 0 Å². The predicted octanol–water partition coefficient (Wildman–Crippen LogP) is 1.10. The summed E-state index contributed by atoms with van der Waals surface area (Å²) in [5.74, 6) is -0.0175. The smallest absolute Gasteiger partial charge is 0.235 e. The van der Waals surface area contributed by atoms with E-state index in [1.54, 1.807) is 24.3 Å². The molecule has 18 heavy (non-hydrogen) atoms. The van der Waals surface area contributed by atoms with Crippen LogP contribution in [-0.4, -0.2) is 32.0 Å². The molecule has 100 valence electrons. The highest BCUT2D eigenvalue weighted by Crippen LogP contribution is 2.17. The van der Waals surface area contributed by atoms with Gasteiger partial charge in [0.25, 0.3) is 0 Å². The first-order chi connectivity index (χ1) is 8.59. The molecule has 0 amide bonds. The lowest BCUT2D eigenvalue weighted by atomic mass is 10.2. The molecule has 1 fully saturated rings. The lowest BCUT2D eigenvalue weighted by Crippen LogP contribution is -2.25. The van der Waals surface area contributed by atoms with Crippen molar-refractivity contribution in [2.75, 3.05) is 17.1 Å². The average molecular weight is 271 g/mol. The molecule has 1 atom stereocenters. The van der Waals surface area contributed by atoms with Crippen LogP contribution >= 0.6 is 0 Å². The molecular formula is C12H17NO4S. The van der Waals surface area contributed by atoms with Crippen molar-refractivity contribution in [3.63, 3.8) is 0 Å². The number of aliphatic hydroxyl groups excluding tert-OH is 1. The van der Waals surface area contributed by atoms with Crippen molar-refractivity contribution in [1.82, 2.24) is 0 Å². The van der Waals surface area contributed by atoms with Gasteiger partial charge in [-0.1, -0.05) is 12.1 Å². The lowest BCUT2D eigenvalue weighted by molar-refractivity contribution is 0.127. The molecule has 1 saturated heterocycles. The molecule has 0 aromatic heterocycles. The molecule has 1 aliphatic heterocycles. The van der Waals surface area contributed by atoms with Gasteiger partial charge in [0.05, 0.1) is 18.5 Å². The van der Waals surface area contributed by atoms with E-state index in [0.29, 0.717) is 17.9 Å². The van der Waals surface area contributed by atoms with Crippen LogP contribution in [-0.2, 0) is 21.4 Å². The summed E-state index contributed by atoms with van der Waals surface area (Å²) in [6.07, 6.45) is 1.50. The summed E-state index contributed by atoms with van der Waals surface area (Å²) in [6.45, 7) is 0.529. The van der Waals surface area contributed by atoms with E-state index >= 15 is 0 Å². The van der Waals surface area contributed by atoms with Crippen molar-refractivity contribution >= 4 is 15.7 Å². The van der Waals surface area contributed by atoms with Crippen molar-refractivity contribution in [2.24, 2.45) is 0 Å². The van der Waals surface area contributed by atoms with Crippen LogP contribution in [0.15, 0.2) is 24.3 Å². The summed E-state index contributed by atoms with van der Waals surface area (Å²) in [7, 11) is -3.40. The van der Waals surface area contributed by atoms with Gasteiger partial charge in [0, 0.05) is 12.3 Å². The third-order valence-corrected chi connectivity index (χ3v) is 4.17. The molecule has 1 heterocycles. The molecular weight excluding hydrogens is 254 g/mol. The van der Waals surface area contributed by atoms with Gasteiger partial charge in [0.15, 0.2) is 0 Å². The number of aliphatic hydroxyl groups is 1. The SMILES string of the molecule is O=S(=O)(CC1CCCO1)Nc1cccc(CO)c1. The van der Waals surface area contributed by atoms with Gasteiger partial charge in [-0.3, -0.25) is 4.72 Å². The molecule has 1 unspecified atom stereocenters. The molecule has 0 radical (unpaired) electrons. The van der Waals surface area contributed by atoms with Gasteiger partial charge in [-0.25, -0.2) is 8.42 Å². The van der Waals surface area contributed by atoms with Crippen LogP contribution in [0.4, 0.5) is 5.69 Å². The minimum atomic E-state index is -3.40. The van der Waals surface area contributed by atoms with Gasteiger partial charge in [-0.2, -0.15) is 0 Å². The van der Waals surface area contributed by atoms with Gasteiger partial charge >= 0.3 is 0 Å². The van der Waals surface area contributed by atoms with Gasteiger partial charge in [-0.15, -0.1) is 0 Å². The average Bonchev–Trinajstić information content (AvgIpc) is 2.80. The van der Waals surface area contributed by atoms with Crippen molar-refractivity contribution in [2.45, 2.75) is 25.6 Å². The first kappa shape index (κ1) is 13.3. The fourth-order valence-corrected chi connectivity index (χ4v) is 3.30. The van der Waals surface area contributed by atoms with E-state index < -0.39 is 10.0 Å². The normalized spacial score (nSPS) is 19.9. The number of hydrogen-bond acceptors (Lipinski definition) is 4. The van der Waals surface area contributed by atoms with Crippen molar-refractivity contribution in [3.05, 3.63) is 29.8 Å². The molecule has 0 bridgehead atoms. The third-order valence-electron chi connectivity index (χ3n) is 2.81. The lowest BCUT2D eigenvalue weighted by Gasteiger charge is -2.12. The fraction of sp³-hybridized carbons (Fsp3) is 0.500. The summed E-state index contributed by atoms with van der Waals surface area (Å²) < 4.78 is 31.6. The van der Waals surface area contributed by atoms with Crippen LogP contribution < -0.4 is 4.72 Å². The first-order valence-corrected chi connectivity index (χ1v) is 7.56. The molecule has 0 aliphatic carbocycles. The largest absolute Gasteiger partial charge is 0.392 e. The fourth-order valence-electron chi connectivity index (χ4n) is 1.97. The molecule has 0 spiro atoms. The maximum Gasteiger partial charge on any atom is 0.235 e. The molecule has 5 nitrogen and oxygen atoms in total. The van der Waals surface area contributed by atoms with E-state index in [1.807, 2.05) is 0 Å². The Morgan fingerprint density at radius 3 is 2.94 bits per heavy atom. The Kier molecular flexibility index (Phi) is 4.21. The Bertz CT molecular complexity index is 495. The van der Waals surface area contributed by atoms with E-state index in [-0.39, 0.29) is 18.5 Å². The Morgan fingerprint density at radius 2 is 2.28 bits per heavy atom. The molecule has 1 aliphatic rings. The van der Waals surface area contributed by atoms with E-state index in [4.69, 9.17) is 9.84 Å². The molecule has 1 aromatic rings. The summed E-state index contributed by atoms with van der Waals surface area (Å²) >= 11 is 0. The zero-order valence-electron chi connectivity index (χ0n) is 10.0. The number of benzene rings is 1. The van der Waals surface area contributed by atoms with E-state index in [9.17, 15) is 8.42 Å². The van der Waals surface area contributed by atoms with Crippen LogP contribution in [0.2, 0.25) is 0 Å². The maximum absolute atomic E-state index is 11.9. The topological polar surface area (TPSA) is 75.6 Å². The minimum Gasteiger partial charge on any atom is -0.392 e. The zero-order valence-corrected chi connectivity index (χ0v) is 10.8. The van der Waals surface area contributed by atoms with Gasteiger partial charge in [-0.05, 0) is 30.5 Å². The second-order valence-corrected chi connectivity index (χ2v) is 6.14. The Balaban J connectivity index is 2.02. The highest BCUT2D eigenvalue weighted by Gasteiger charge is 2.23. The summed E-state index contributed by atoms with van der Waals surface area (Å²) in [6, 6.07) is 6.71. The number of ether oxygens (including phenoxy) is 1. The van der Waals surface area contributed by atoms with Crippen molar-refractivity contribution in [3.8, 4) is 0 Å². The Labute approximate surface area is 107 Å². The number of sulfonamides is 1. The van der Waals surface area contributed by atoms with E-state index in [1.165, 1.54) is 0 Å². The van der Waals surface area contributed by atoms with Crippen LogP contribution in [0.1, 0.15) is 18.4 Å². The van der Waals surface area contributed by atoms with Gasteiger partial charge in [0.2, 0.25) is 10.0 Å². The monoisotopic (exact) mass is 271 g/mol. The summed E-state index contributed by atoms with van der Waals surface area (Å²) in [5, 5.41) is 8.99. The predicted molar refractivity (Wildman–Crippen MR) is 68.7 cm³/mol. The van der Waals surface area contributed by atoms with E-state index in [2.05, 4.69) is 4.72 Å². The minimum absolute atomic E-state index is 0.0175. The first-order valence-electron chi connectivity index (χ1n) is 5.91. The van der Waals surface area contributed by atoms with Crippen LogP contribution in [0.3, 0.4) is 0 Å². The van der Waals surface area contributed by atoms with Crippen LogP contribution in [0, 0.1) is 0 Å². The van der Waals surface area contributed by atoms with E-state index in [0.717, 1.165) is 12.8 Å². The third kappa shape index (κ3) is 3.69. The van der Waals surface area contributed by atoms with Crippen LogP contribution in [0.5, 0.6) is 0 Å². The maximum atomic E-state index is 11.9. The number of nitrogens with one attached hydrogen (secondary N) is 1.